The Morgan fingerprint density at radius 3 is 2.43 bits per heavy atom. The number of aryl methyl sites for hydroxylation is 2. The maximum atomic E-state index is 9.24. The topological polar surface area (TPSA) is 49.7 Å². The fraction of sp³-hybridized carbons (Fsp3) is 0.455. The lowest BCUT2D eigenvalue weighted by Crippen LogP contribution is -2.21. The summed E-state index contributed by atoms with van der Waals surface area (Å²) in [4.78, 5) is 0. The molecule has 14 heavy (non-hydrogen) atoms. The van der Waals surface area contributed by atoms with Crippen LogP contribution in [0.1, 0.15) is 13.9 Å². The summed E-state index contributed by atoms with van der Waals surface area (Å²) >= 11 is 0. The van der Waals surface area contributed by atoms with Crippen LogP contribution in [0.15, 0.2) is 18.2 Å². The smallest absolute Gasteiger partial charge is 0.119 e. The lowest BCUT2D eigenvalue weighted by molar-refractivity contribution is 0.0536. The van der Waals surface area contributed by atoms with Gasteiger partial charge in [-0.15, -0.1) is 0 Å². The van der Waals surface area contributed by atoms with Crippen molar-refractivity contribution in [2.24, 2.45) is 0 Å². The Kier molecular flexibility index (Phi) is 2.94. The predicted octanol–water partition coefficient (Wildman–Crippen LogP) is 1.04. The minimum atomic E-state index is -2.30. The van der Waals surface area contributed by atoms with Crippen LogP contribution in [-0.2, 0) is 0 Å². The molecule has 3 nitrogen and oxygen atoms in total. The zero-order valence-corrected chi connectivity index (χ0v) is 8.32. The van der Waals surface area contributed by atoms with Gasteiger partial charge in [0.15, 0.2) is 0 Å². The molecule has 0 aliphatic rings. The second-order valence-corrected chi connectivity index (χ2v) is 3.24. The lowest BCUT2D eigenvalue weighted by Gasteiger charge is -2.10. The predicted molar refractivity (Wildman–Crippen MR) is 54.5 cm³/mol. The first-order chi connectivity index (χ1) is 7.35. The Bertz CT molecular complexity index is 346. The summed E-state index contributed by atoms with van der Waals surface area (Å²) in [7, 11) is 0. The SMILES string of the molecule is [2H]C([2H])(Oc1cc(C)cc(C)c1)C(O)CO. The van der Waals surface area contributed by atoms with Gasteiger partial charge in [-0.25, -0.2) is 0 Å². The van der Waals surface area contributed by atoms with Crippen molar-refractivity contribution in [1.82, 2.24) is 0 Å². The van der Waals surface area contributed by atoms with E-state index in [1.54, 1.807) is 12.1 Å². The van der Waals surface area contributed by atoms with E-state index in [1.807, 2.05) is 19.9 Å². The molecule has 0 fully saturated rings. The standard InChI is InChI=1S/C11H16O3/c1-8-3-9(2)5-11(4-8)14-7-10(13)6-12/h3-5,10,12-13H,6-7H2,1-2H3/i7D2. The largest absolute Gasteiger partial charge is 0.491 e. The molecule has 0 saturated heterocycles. The van der Waals surface area contributed by atoms with Crippen LogP contribution in [0.25, 0.3) is 0 Å². The highest BCUT2D eigenvalue weighted by Gasteiger charge is 2.03. The highest BCUT2D eigenvalue weighted by molar-refractivity contribution is 5.32. The van der Waals surface area contributed by atoms with E-state index in [-0.39, 0.29) is 0 Å². The maximum absolute atomic E-state index is 9.24. The molecule has 0 aliphatic heterocycles. The average Bonchev–Trinajstić information content (AvgIpc) is 2.13. The third-order valence-corrected chi connectivity index (χ3v) is 1.68. The van der Waals surface area contributed by atoms with E-state index in [0.29, 0.717) is 5.75 Å². The molecule has 1 rings (SSSR count). The normalized spacial score (nSPS) is 15.7. The second kappa shape index (κ2) is 4.98. The van der Waals surface area contributed by atoms with Crippen molar-refractivity contribution in [1.29, 1.82) is 0 Å². The van der Waals surface area contributed by atoms with Crippen molar-refractivity contribution in [2.45, 2.75) is 20.0 Å². The molecule has 1 aromatic rings. The van der Waals surface area contributed by atoms with E-state index in [4.69, 9.17) is 12.6 Å². The van der Waals surface area contributed by atoms with Crippen molar-refractivity contribution < 1.29 is 17.7 Å². The molecule has 0 aliphatic carbocycles. The van der Waals surface area contributed by atoms with Crippen LogP contribution in [0.2, 0.25) is 0 Å². The van der Waals surface area contributed by atoms with Crippen LogP contribution >= 0.6 is 0 Å². The minimum absolute atomic E-state index is 0.343. The summed E-state index contributed by atoms with van der Waals surface area (Å²) in [5, 5.41) is 17.9. The highest BCUT2D eigenvalue weighted by Crippen LogP contribution is 2.16. The Hall–Kier alpha value is -1.06. The number of ether oxygens (including phenoxy) is 1. The Morgan fingerprint density at radius 2 is 1.93 bits per heavy atom. The zero-order valence-electron chi connectivity index (χ0n) is 10.3. The van der Waals surface area contributed by atoms with Crippen LogP contribution in [0.4, 0.5) is 0 Å². The summed E-state index contributed by atoms with van der Waals surface area (Å²) in [6.45, 7) is 0.766. The number of aliphatic hydroxyl groups is 2. The van der Waals surface area contributed by atoms with Gasteiger partial charge in [0.2, 0.25) is 0 Å². The Morgan fingerprint density at radius 1 is 1.36 bits per heavy atom. The van der Waals surface area contributed by atoms with Gasteiger partial charge in [-0.2, -0.15) is 0 Å². The molecule has 0 saturated carbocycles. The van der Waals surface area contributed by atoms with Crippen molar-refractivity contribution in [3.63, 3.8) is 0 Å². The summed E-state index contributed by atoms with van der Waals surface area (Å²) < 4.78 is 19.9. The van der Waals surface area contributed by atoms with Crippen molar-refractivity contribution >= 4 is 0 Å². The Balaban J connectivity index is 2.87. The second-order valence-electron chi connectivity index (χ2n) is 3.24. The number of hydrogen-bond acceptors (Lipinski definition) is 3. The molecular formula is C11H16O3. The van der Waals surface area contributed by atoms with Gasteiger partial charge in [0.1, 0.15) is 18.4 Å². The van der Waals surface area contributed by atoms with Crippen LogP contribution in [0.5, 0.6) is 5.75 Å². The molecule has 1 aromatic carbocycles. The number of hydrogen-bond donors (Lipinski definition) is 2. The van der Waals surface area contributed by atoms with Crippen LogP contribution < -0.4 is 4.74 Å². The summed E-state index contributed by atoms with van der Waals surface area (Å²) in [6, 6.07) is 5.29. The molecule has 78 valence electrons. The van der Waals surface area contributed by atoms with E-state index in [1.165, 1.54) is 0 Å². The molecule has 2 N–H and O–H groups in total. The van der Waals surface area contributed by atoms with Crippen molar-refractivity contribution in [2.75, 3.05) is 13.2 Å². The van der Waals surface area contributed by atoms with E-state index in [2.05, 4.69) is 0 Å². The molecule has 1 atom stereocenters. The van der Waals surface area contributed by atoms with Crippen LogP contribution in [-0.4, -0.2) is 29.5 Å². The van der Waals surface area contributed by atoms with Crippen LogP contribution in [0.3, 0.4) is 0 Å². The molecular weight excluding hydrogens is 180 g/mol. The fourth-order valence-electron chi connectivity index (χ4n) is 1.17. The average molecular weight is 198 g/mol. The molecule has 0 spiro atoms. The van der Waals surface area contributed by atoms with Gasteiger partial charge in [0.25, 0.3) is 0 Å². The monoisotopic (exact) mass is 198 g/mol. The molecule has 0 radical (unpaired) electrons. The quantitative estimate of drug-likeness (QED) is 0.760. The number of rotatable bonds is 4. The lowest BCUT2D eigenvalue weighted by atomic mass is 10.1. The first-order valence-electron chi connectivity index (χ1n) is 5.41. The van der Waals surface area contributed by atoms with Gasteiger partial charge in [0.05, 0.1) is 9.35 Å². The fourth-order valence-corrected chi connectivity index (χ4v) is 1.17. The summed E-state index contributed by atoms with van der Waals surface area (Å²) in [5.41, 5.74) is 1.90. The van der Waals surface area contributed by atoms with Crippen molar-refractivity contribution in [3.8, 4) is 5.75 Å². The molecule has 0 bridgehead atoms. The molecule has 0 amide bonds. The van der Waals surface area contributed by atoms with E-state index < -0.39 is 19.3 Å². The number of benzene rings is 1. The summed E-state index contributed by atoms with van der Waals surface area (Å²) in [5.74, 6) is 0.343. The van der Waals surface area contributed by atoms with Crippen molar-refractivity contribution in [3.05, 3.63) is 29.3 Å². The molecule has 1 unspecified atom stereocenters. The van der Waals surface area contributed by atoms with E-state index in [0.717, 1.165) is 11.1 Å². The third kappa shape index (κ3) is 3.36. The maximum Gasteiger partial charge on any atom is 0.119 e. The molecule has 3 heteroatoms. The molecule has 0 aromatic heterocycles. The van der Waals surface area contributed by atoms with Gasteiger partial charge in [-0.3, -0.25) is 0 Å². The van der Waals surface area contributed by atoms with E-state index >= 15 is 0 Å². The minimum Gasteiger partial charge on any atom is -0.491 e. The molecule has 0 heterocycles. The van der Waals surface area contributed by atoms with Gasteiger partial charge >= 0.3 is 0 Å². The zero-order chi connectivity index (χ0) is 12.3. The van der Waals surface area contributed by atoms with Gasteiger partial charge < -0.3 is 14.9 Å². The van der Waals surface area contributed by atoms with E-state index in [9.17, 15) is 5.11 Å². The Labute approximate surface area is 86.8 Å². The first kappa shape index (κ1) is 8.26. The van der Waals surface area contributed by atoms with Crippen LogP contribution in [0, 0.1) is 13.8 Å². The van der Waals surface area contributed by atoms with Gasteiger partial charge in [-0.1, -0.05) is 6.07 Å². The van der Waals surface area contributed by atoms with Gasteiger partial charge in [0, 0.05) is 0 Å². The number of aliphatic hydroxyl groups excluding tert-OH is 2. The third-order valence-electron chi connectivity index (χ3n) is 1.68. The highest BCUT2D eigenvalue weighted by atomic mass is 16.5. The summed E-state index contributed by atoms with van der Waals surface area (Å²) in [6.07, 6.45) is -1.56. The van der Waals surface area contributed by atoms with Gasteiger partial charge in [-0.05, 0) is 37.1 Å². The first-order valence-corrected chi connectivity index (χ1v) is 4.41.